The highest BCUT2D eigenvalue weighted by atomic mass is 16.5. The van der Waals surface area contributed by atoms with E-state index in [-0.39, 0.29) is 0 Å². The molecular weight excluding hydrogens is 214 g/mol. The van der Waals surface area contributed by atoms with E-state index in [4.69, 9.17) is 14.7 Å². The first kappa shape index (κ1) is 13.4. The van der Waals surface area contributed by atoms with Gasteiger partial charge in [-0.15, -0.1) is 0 Å². The van der Waals surface area contributed by atoms with Gasteiger partial charge in [0.25, 0.3) is 0 Å². The van der Waals surface area contributed by atoms with E-state index < -0.39 is 0 Å². The Bertz CT molecular complexity index is 407. The smallest absolute Gasteiger partial charge is 0.122 e. The Balaban J connectivity index is 2.98. The summed E-state index contributed by atoms with van der Waals surface area (Å²) in [6.45, 7) is 2.09. The Morgan fingerprint density at radius 2 is 1.71 bits per heavy atom. The van der Waals surface area contributed by atoms with Gasteiger partial charge < -0.3 is 9.47 Å². The average molecular weight is 233 g/mol. The van der Waals surface area contributed by atoms with Crippen molar-refractivity contribution in [3.8, 4) is 17.6 Å². The number of aryl methyl sites for hydroxylation is 2. The van der Waals surface area contributed by atoms with Gasteiger partial charge in [-0.05, 0) is 42.5 Å². The summed E-state index contributed by atoms with van der Waals surface area (Å²) in [5.41, 5.74) is 2.25. The summed E-state index contributed by atoms with van der Waals surface area (Å²) in [6, 6.07) is 6.21. The second-order valence-corrected chi connectivity index (χ2v) is 3.84. The van der Waals surface area contributed by atoms with Crippen molar-refractivity contribution >= 4 is 0 Å². The number of unbranched alkanes of at least 4 members (excludes halogenated alkanes) is 1. The van der Waals surface area contributed by atoms with Crippen LogP contribution in [0.1, 0.15) is 30.9 Å². The molecule has 0 aliphatic carbocycles. The molecule has 0 N–H and O–H groups in total. The van der Waals surface area contributed by atoms with Crippen LogP contribution < -0.4 is 9.47 Å². The van der Waals surface area contributed by atoms with E-state index in [0.29, 0.717) is 6.42 Å². The minimum Gasteiger partial charge on any atom is -0.496 e. The average Bonchev–Trinajstić information content (AvgIpc) is 2.38. The molecule has 0 spiro atoms. The second kappa shape index (κ2) is 6.80. The highest BCUT2D eigenvalue weighted by molar-refractivity contribution is 5.46. The largest absolute Gasteiger partial charge is 0.496 e. The van der Waals surface area contributed by atoms with E-state index >= 15 is 0 Å². The van der Waals surface area contributed by atoms with Crippen LogP contribution in [-0.2, 0) is 12.8 Å². The third-order valence-corrected chi connectivity index (χ3v) is 2.80. The zero-order valence-electron chi connectivity index (χ0n) is 10.7. The van der Waals surface area contributed by atoms with Crippen LogP contribution in [0, 0.1) is 11.3 Å². The minimum absolute atomic E-state index is 0.570. The molecule has 3 nitrogen and oxygen atoms in total. The molecule has 0 aliphatic heterocycles. The highest BCUT2D eigenvalue weighted by Gasteiger charge is 2.09. The molecule has 0 radical (unpaired) electrons. The summed E-state index contributed by atoms with van der Waals surface area (Å²) < 4.78 is 10.7. The summed E-state index contributed by atoms with van der Waals surface area (Å²) in [6.07, 6.45) is 3.18. The van der Waals surface area contributed by atoms with Gasteiger partial charge in [-0.3, -0.25) is 0 Å². The lowest BCUT2D eigenvalue weighted by Crippen LogP contribution is -1.98. The van der Waals surface area contributed by atoms with Crippen molar-refractivity contribution in [3.63, 3.8) is 0 Å². The Morgan fingerprint density at radius 3 is 2.24 bits per heavy atom. The fourth-order valence-electron chi connectivity index (χ4n) is 1.85. The van der Waals surface area contributed by atoms with E-state index in [9.17, 15) is 0 Å². The Labute approximate surface area is 103 Å². The maximum absolute atomic E-state index is 8.55. The lowest BCUT2D eigenvalue weighted by molar-refractivity contribution is 0.394. The molecule has 92 valence electrons. The van der Waals surface area contributed by atoms with Gasteiger partial charge in [-0.25, -0.2) is 0 Å². The van der Waals surface area contributed by atoms with Crippen molar-refractivity contribution in [2.75, 3.05) is 14.2 Å². The summed E-state index contributed by atoms with van der Waals surface area (Å²) in [5, 5.41) is 8.55. The molecule has 0 saturated heterocycles. The second-order valence-electron chi connectivity index (χ2n) is 3.84. The molecular formula is C14H19NO2. The van der Waals surface area contributed by atoms with Crippen molar-refractivity contribution in [2.24, 2.45) is 0 Å². The Kier molecular flexibility index (Phi) is 5.35. The monoisotopic (exact) mass is 233 g/mol. The summed E-state index contributed by atoms with van der Waals surface area (Å²) in [5.74, 6) is 1.79. The number of methoxy groups -OCH3 is 2. The van der Waals surface area contributed by atoms with Gasteiger partial charge in [0.05, 0.1) is 20.3 Å². The van der Waals surface area contributed by atoms with E-state index in [2.05, 4.69) is 13.0 Å². The fourth-order valence-corrected chi connectivity index (χ4v) is 1.85. The third-order valence-electron chi connectivity index (χ3n) is 2.80. The molecule has 0 saturated carbocycles. The van der Waals surface area contributed by atoms with Crippen LogP contribution >= 0.6 is 0 Å². The maximum atomic E-state index is 8.55. The molecule has 0 amide bonds. The van der Waals surface area contributed by atoms with Crippen molar-refractivity contribution < 1.29 is 9.47 Å². The van der Waals surface area contributed by atoms with Gasteiger partial charge in [0.1, 0.15) is 11.5 Å². The standard InChI is InChI=1S/C14H19NO2/c1-4-11-9-14(17-3)12(7-5-6-8-15)10-13(11)16-2/h9-10H,4-7H2,1-3H3. The molecule has 0 aliphatic rings. The molecule has 3 heteroatoms. The van der Waals surface area contributed by atoms with Crippen molar-refractivity contribution in [1.82, 2.24) is 0 Å². The first-order valence-electron chi connectivity index (χ1n) is 5.87. The van der Waals surface area contributed by atoms with Crippen LogP contribution in [0.3, 0.4) is 0 Å². The van der Waals surface area contributed by atoms with Gasteiger partial charge in [-0.1, -0.05) is 6.92 Å². The van der Waals surface area contributed by atoms with Gasteiger partial charge in [0.15, 0.2) is 0 Å². The molecule has 0 heterocycles. The molecule has 1 aromatic rings. The molecule has 0 fully saturated rings. The van der Waals surface area contributed by atoms with Crippen LogP contribution in [0.15, 0.2) is 12.1 Å². The fraction of sp³-hybridized carbons (Fsp3) is 0.500. The molecule has 17 heavy (non-hydrogen) atoms. The van der Waals surface area contributed by atoms with Crippen LogP contribution in [0.25, 0.3) is 0 Å². The van der Waals surface area contributed by atoms with Gasteiger partial charge in [0.2, 0.25) is 0 Å². The van der Waals surface area contributed by atoms with E-state index in [1.807, 2.05) is 12.1 Å². The van der Waals surface area contributed by atoms with Crippen molar-refractivity contribution in [1.29, 1.82) is 5.26 Å². The normalized spacial score (nSPS) is 9.76. The van der Waals surface area contributed by atoms with Crippen LogP contribution in [0.5, 0.6) is 11.5 Å². The number of rotatable bonds is 6. The lowest BCUT2D eigenvalue weighted by atomic mass is 10.0. The van der Waals surface area contributed by atoms with Gasteiger partial charge >= 0.3 is 0 Å². The molecule has 0 atom stereocenters. The predicted molar refractivity (Wildman–Crippen MR) is 67.5 cm³/mol. The number of hydrogen-bond donors (Lipinski definition) is 0. The zero-order chi connectivity index (χ0) is 12.7. The summed E-state index contributed by atoms with van der Waals surface area (Å²) >= 11 is 0. The van der Waals surface area contributed by atoms with E-state index in [1.165, 1.54) is 0 Å². The van der Waals surface area contributed by atoms with Crippen LogP contribution in [0.4, 0.5) is 0 Å². The van der Waals surface area contributed by atoms with Crippen LogP contribution in [0.2, 0.25) is 0 Å². The zero-order valence-corrected chi connectivity index (χ0v) is 10.7. The molecule has 0 aromatic heterocycles. The first-order chi connectivity index (χ1) is 8.26. The molecule has 1 rings (SSSR count). The van der Waals surface area contributed by atoms with E-state index in [1.54, 1.807) is 14.2 Å². The lowest BCUT2D eigenvalue weighted by Gasteiger charge is -2.13. The molecule has 0 bridgehead atoms. The van der Waals surface area contributed by atoms with Gasteiger partial charge in [-0.2, -0.15) is 5.26 Å². The Hall–Kier alpha value is -1.69. The maximum Gasteiger partial charge on any atom is 0.122 e. The number of nitriles is 1. The number of nitrogens with zero attached hydrogens (tertiary/aromatic N) is 1. The quantitative estimate of drug-likeness (QED) is 0.709. The van der Waals surface area contributed by atoms with Crippen LogP contribution in [-0.4, -0.2) is 14.2 Å². The SMILES string of the molecule is CCc1cc(OC)c(CCCC#N)cc1OC. The number of ether oxygens (including phenoxy) is 2. The summed E-state index contributed by atoms with van der Waals surface area (Å²) in [4.78, 5) is 0. The number of benzene rings is 1. The molecule has 1 aromatic carbocycles. The molecule has 0 unspecified atom stereocenters. The minimum atomic E-state index is 0.570. The van der Waals surface area contributed by atoms with E-state index in [0.717, 1.165) is 41.9 Å². The first-order valence-corrected chi connectivity index (χ1v) is 5.87. The summed E-state index contributed by atoms with van der Waals surface area (Å²) in [7, 11) is 3.36. The number of hydrogen-bond acceptors (Lipinski definition) is 3. The predicted octanol–water partition coefficient (Wildman–Crippen LogP) is 3.11. The van der Waals surface area contributed by atoms with Gasteiger partial charge in [0, 0.05) is 6.42 Å². The highest BCUT2D eigenvalue weighted by Crippen LogP contribution is 2.30. The topological polar surface area (TPSA) is 42.2 Å². The van der Waals surface area contributed by atoms with Crippen molar-refractivity contribution in [2.45, 2.75) is 32.6 Å². The Morgan fingerprint density at radius 1 is 1.12 bits per heavy atom. The van der Waals surface area contributed by atoms with Crippen molar-refractivity contribution in [3.05, 3.63) is 23.3 Å². The third kappa shape index (κ3) is 3.39.